The van der Waals surface area contributed by atoms with E-state index in [2.05, 4.69) is 20.0 Å². The quantitative estimate of drug-likeness (QED) is 0.634. The molecule has 0 spiro atoms. The highest BCUT2D eigenvalue weighted by Crippen LogP contribution is 2.38. The molecule has 0 saturated heterocycles. The van der Waals surface area contributed by atoms with E-state index in [1.165, 1.54) is 11.8 Å². The number of aliphatic imine (C=N–C) groups is 1. The van der Waals surface area contributed by atoms with Crippen molar-refractivity contribution in [3.63, 3.8) is 0 Å². The number of thioether (sulfide) groups is 2. The van der Waals surface area contributed by atoms with Gasteiger partial charge < -0.3 is 15.2 Å². The van der Waals surface area contributed by atoms with Gasteiger partial charge in [0.1, 0.15) is 10.2 Å². The Bertz CT molecular complexity index is 1140. The van der Waals surface area contributed by atoms with E-state index in [-0.39, 0.29) is 15.7 Å². The molecule has 0 saturated carbocycles. The van der Waals surface area contributed by atoms with Crippen molar-refractivity contribution in [1.82, 2.24) is 15.2 Å². The number of hydrogen-bond donors (Lipinski definition) is 3. The average molecular weight is 440 g/mol. The van der Waals surface area contributed by atoms with E-state index in [4.69, 9.17) is 11.6 Å². The van der Waals surface area contributed by atoms with Gasteiger partial charge >= 0.3 is 0 Å². The van der Waals surface area contributed by atoms with Crippen molar-refractivity contribution in [3.05, 3.63) is 51.8 Å². The highest BCUT2D eigenvalue weighted by atomic mass is 35.5. The van der Waals surface area contributed by atoms with E-state index in [1.807, 2.05) is 23.6 Å². The smallest absolute Gasteiger partial charge is 0.280 e. The summed E-state index contributed by atoms with van der Waals surface area (Å²) in [5.41, 5.74) is 1.86. The van der Waals surface area contributed by atoms with Crippen LogP contribution in [0, 0.1) is 0 Å². The SMILES string of the molecule is O=S(=O)(Nc1cccc2cc(C3=NCCS3)[nH]c12)C1=C(Cl)NC2SC=CN12. The summed E-state index contributed by atoms with van der Waals surface area (Å²) in [4.78, 5) is 9.39. The Morgan fingerprint density at radius 3 is 3.07 bits per heavy atom. The molecule has 1 atom stereocenters. The molecular weight excluding hydrogens is 426 g/mol. The number of halogens is 1. The number of benzene rings is 1. The van der Waals surface area contributed by atoms with Gasteiger partial charge in [0, 0.05) is 23.9 Å². The maximum atomic E-state index is 13.0. The number of sulfonamides is 1. The molecule has 11 heteroatoms. The van der Waals surface area contributed by atoms with Gasteiger partial charge in [0.2, 0.25) is 0 Å². The summed E-state index contributed by atoms with van der Waals surface area (Å²) in [5, 5.41) is 6.79. The third-order valence-corrected chi connectivity index (χ3v) is 8.03. The Labute approximate surface area is 169 Å². The molecule has 0 radical (unpaired) electrons. The highest BCUT2D eigenvalue weighted by Gasteiger charge is 2.39. The third kappa shape index (κ3) is 2.91. The van der Waals surface area contributed by atoms with E-state index in [1.54, 1.807) is 28.9 Å². The number of rotatable bonds is 4. The first-order chi connectivity index (χ1) is 13.0. The molecule has 1 unspecified atom stereocenters. The maximum Gasteiger partial charge on any atom is 0.280 e. The van der Waals surface area contributed by atoms with Crippen LogP contribution in [0.4, 0.5) is 5.69 Å². The molecule has 27 heavy (non-hydrogen) atoms. The van der Waals surface area contributed by atoms with Gasteiger partial charge in [-0.05, 0) is 17.5 Å². The van der Waals surface area contributed by atoms with E-state index < -0.39 is 10.0 Å². The molecule has 1 aromatic carbocycles. The van der Waals surface area contributed by atoms with Crippen LogP contribution in [0.25, 0.3) is 10.9 Å². The van der Waals surface area contributed by atoms with Crippen molar-refractivity contribution in [1.29, 1.82) is 0 Å². The molecule has 1 aromatic heterocycles. The molecule has 0 fully saturated rings. The molecule has 0 bridgehead atoms. The highest BCUT2D eigenvalue weighted by molar-refractivity contribution is 8.14. The summed E-state index contributed by atoms with van der Waals surface area (Å²) < 4.78 is 28.8. The van der Waals surface area contributed by atoms with Crippen molar-refractivity contribution < 1.29 is 8.42 Å². The molecule has 3 aliphatic heterocycles. The summed E-state index contributed by atoms with van der Waals surface area (Å²) in [5.74, 6) is 0.965. The lowest BCUT2D eigenvalue weighted by Gasteiger charge is -2.19. The monoisotopic (exact) mass is 439 g/mol. The Kier molecular flexibility index (Phi) is 4.12. The number of fused-ring (bicyclic) bond motifs is 2. The number of H-pyrrole nitrogens is 1. The van der Waals surface area contributed by atoms with Gasteiger partial charge in [0.05, 0.1) is 16.9 Å². The molecule has 2 aromatic rings. The summed E-state index contributed by atoms with van der Waals surface area (Å²) in [6.07, 6.45) is 1.70. The zero-order chi connectivity index (χ0) is 18.6. The standard InChI is InChI=1S/C16H14ClN5O2S3/c17-13-15(22-5-7-26-16(22)20-13)27(23,24)21-10-3-1-2-9-8-11(19-12(9)10)14-18-4-6-25-14/h1-3,5,7-8,16,19-21H,4,6H2. The van der Waals surface area contributed by atoms with Crippen LogP contribution in [0.2, 0.25) is 0 Å². The van der Waals surface area contributed by atoms with Crippen LogP contribution < -0.4 is 10.0 Å². The number of aromatic nitrogens is 1. The lowest BCUT2D eigenvalue weighted by atomic mass is 10.2. The van der Waals surface area contributed by atoms with E-state index in [9.17, 15) is 8.42 Å². The Morgan fingerprint density at radius 2 is 2.26 bits per heavy atom. The summed E-state index contributed by atoms with van der Waals surface area (Å²) in [7, 11) is -3.88. The Balaban J connectivity index is 1.52. The molecule has 3 aliphatic rings. The zero-order valence-electron chi connectivity index (χ0n) is 13.8. The minimum absolute atomic E-state index is 0.0231. The molecule has 140 valence electrons. The second kappa shape index (κ2) is 6.40. The Hall–Kier alpha value is -1.75. The van der Waals surface area contributed by atoms with Crippen LogP contribution in [0.15, 0.2) is 51.1 Å². The van der Waals surface area contributed by atoms with Crippen LogP contribution in [-0.2, 0) is 10.0 Å². The number of aromatic amines is 1. The summed E-state index contributed by atoms with van der Waals surface area (Å²) in [6.45, 7) is 0.803. The van der Waals surface area contributed by atoms with Gasteiger partial charge in [0.15, 0.2) is 10.5 Å². The first-order valence-electron chi connectivity index (χ1n) is 8.12. The van der Waals surface area contributed by atoms with Crippen LogP contribution in [-0.4, -0.2) is 41.1 Å². The van der Waals surface area contributed by atoms with Crippen molar-refractivity contribution in [3.8, 4) is 0 Å². The maximum absolute atomic E-state index is 13.0. The van der Waals surface area contributed by atoms with Crippen LogP contribution in [0.5, 0.6) is 0 Å². The summed E-state index contributed by atoms with van der Waals surface area (Å²) >= 11 is 9.32. The van der Waals surface area contributed by atoms with E-state index in [0.717, 1.165) is 33.9 Å². The van der Waals surface area contributed by atoms with E-state index in [0.29, 0.717) is 5.69 Å². The van der Waals surface area contributed by atoms with Crippen LogP contribution >= 0.6 is 35.1 Å². The first kappa shape index (κ1) is 17.4. The molecule has 4 heterocycles. The van der Waals surface area contributed by atoms with Gasteiger partial charge in [-0.15, -0.1) is 11.8 Å². The number of nitrogens with one attached hydrogen (secondary N) is 3. The molecular formula is C16H14ClN5O2S3. The average Bonchev–Trinajstić information content (AvgIpc) is 3.37. The number of hydrogen-bond acceptors (Lipinski definition) is 7. The predicted octanol–water partition coefficient (Wildman–Crippen LogP) is 3.18. The molecule has 0 amide bonds. The van der Waals surface area contributed by atoms with Gasteiger partial charge in [0.25, 0.3) is 10.0 Å². The van der Waals surface area contributed by atoms with E-state index >= 15 is 0 Å². The van der Waals surface area contributed by atoms with Gasteiger partial charge in [-0.1, -0.05) is 35.5 Å². The lowest BCUT2D eigenvalue weighted by Crippen LogP contribution is -2.30. The van der Waals surface area contributed by atoms with Crippen LogP contribution in [0.3, 0.4) is 0 Å². The predicted molar refractivity (Wildman–Crippen MR) is 113 cm³/mol. The van der Waals surface area contributed by atoms with Crippen LogP contribution in [0.1, 0.15) is 5.69 Å². The topological polar surface area (TPSA) is 89.6 Å². The first-order valence-corrected chi connectivity index (χ1v) is 11.9. The fourth-order valence-electron chi connectivity index (χ4n) is 3.18. The second-order valence-electron chi connectivity index (χ2n) is 6.04. The second-order valence-corrected chi connectivity index (χ2v) is 10.1. The number of para-hydroxylation sites is 1. The largest absolute Gasteiger partial charge is 0.351 e. The minimum atomic E-state index is -3.88. The third-order valence-electron chi connectivity index (χ3n) is 4.32. The van der Waals surface area contributed by atoms with Gasteiger partial charge in [-0.25, -0.2) is 0 Å². The fourth-order valence-corrected chi connectivity index (χ4v) is 6.78. The van der Waals surface area contributed by atoms with Crippen molar-refractivity contribution >= 4 is 66.8 Å². The zero-order valence-corrected chi connectivity index (χ0v) is 17.0. The molecule has 3 N–H and O–H groups in total. The number of nitrogens with zero attached hydrogens (tertiary/aromatic N) is 2. The summed E-state index contributed by atoms with van der Waals surface area (Å²) in [6, 6.07) is 7.47. The van der Waals surface area contributed by atoms with Crippen molar-refractivity contribution in [2.45, 2.75) is 5.50 Å². The van der Waals surface area contributed by atoms with Gasteiger partial charge in [-0.2, -0.15) is 8.42 Å². The fraction of sp³-hybridized carbons (Fsp3) is 0.188. The minimum Gasteiger partial charge on any atom is -0.351 e. The molecule has 7 nitrogen and oxygen atoms in total. The number of anilines is 1. The van der Waals surface area contributed by atoms with Crippen molar-refractivity contribution in [2.75, 3.05) is 17.0 Å². The lowest BCUT2D eigenvalue weighted by molar-refractivity contribution is 0.474. The Morgan fingerprint density at radius 1 is 1.37 bits per heavy atom. The van der Waals surface area contributed by atoms with Gasteiger partial charge in [-0.3, -0.25) is 9.71 Å². The molecule has 0 aliphatic carbocycles. The van der Waals surface area contributed by atoms with Crippen molar-refractivity contribution in [2.24, 2.45) is 4.99 Å². The molecule has 5 rings (SSSR count). The normalized spacial score (nSPS) is 21.7.